The Bertz CT molecular complexity index is 520. The molecule has 1 saturated carbocycles. The lowest BCUT2D eigenvalue weighted by molar-refractivity contribution is -0.145. The minimum absolute atomic E-state index is 0.0816. The standard InChI is InChI=1S/C15H16O3/c16-13-9-15(8-12(13)14(17)18)6-5-10-3-1-2-4-11(10)7-15/h1-4,12H,5-9H2,(H,17,18)/t12?,15-/m0/s1. The Balaban J connectivity index is 1.88. The van der Waals surface area contributed by atoms with Gasteiger partial charge in [-0.2, -0.15) is 0 Å². The largest absolute Gasteiger partial charge is 0.481 e. The van der Waals surface area contributed by atoms with E-state index in [0.29, 0.717) is 12.8 Å². The van der Waals surface area contributed by atoms with Gasteiger partial charge in [-0.1, -0.05) is 24.3 Å². The van der Waals surface area contributed by atoms with E-state index in [0.717, 1.165) is 19.3 Å². The second kappa shape index (κ2) is 3.94. The molecule has 2 aliphatic carbocycles. The van der Waals surface area contributed by atoms with Gasteiger partial charge in [-0.05, 0) is 42.2 Å². The average Bonchev–Trinajstić information content (AvgIpc) is 2.66. The molecule has 3 rings (SSSR count). The summed E-state index contributed by atoms with van der Waals surface area (Å²) in [6.07, 6.45) is 3.74. The molecule has 18 heavy (non-hydrogen) atoms. The first-order valence-corrected chi connectivity index (χ1v) is 6.42. The highest BCUT2D eigenvalue weighted by molar-refractivity contribution is 6.00. The molecular weight excluding hydrogens is 228 g/mol. The van der Waals surface area contributed by atoms with Gasteiger partial charge in [-0.15, -0.1) is 0 Å². The molecule has 3 heteroatoms. The molecule has 1 N–H and O–H groups in total. The molecule has 1 unspecified atom stereocenters. The van der Waals surface area contributed by atoms with Crippen molar-refractivity contribution < 1.29 is 14.7 Å². The van der Waals surface area contributed by atoms with E-state index in [9.17, 15) is 9.59 Å². The van der Waals surface area contributed by atoms with Crippen molar-refractivity contribution in [2.75, 3.05) is 0 Å². The average molecular weight is 244 g/mol. The van der Waals surface area contributed by atoms with E-state index in [-0.39, 0.29) is 11.2 Å². The Morgan fingerprint density at radius 3 is 2.61 bits per heavy atom. The van der Waals surface area contributed by atoms with Crippen LogP contribution in [0.5, 0.6) is 0 Å². The van der Waals surface area contributed by atoms with Gasteiger partial charge in [0.1, 0.15) is 11.7 Å². The summed E-state index contributed by atoms with van der Waals surface area (Å²) in [6.45, 7) is 0. The van der Waals surface area contributed by atoms with Crippen LogP contribution < -0.4 is 0 Å². The first-order chi connectivity index (χ1) is 8.60. The van der Waals surface area contributed by atoms with Crippen molar-refractivity contribution >= 4 is 11.8 Å². The number of rotatable bonds is 1. The van der Waals surface area contributed by atoms with E-state index >= 15 is 0 Å². The lowest BCUT2D eigenvalue weighted by Gasteiger charge is -2.34. The first-order valence-electron chi connectivity index (χ1n) is 6.42. The number of carbonyl (C=O) groups excluding carboxylic acids is 1. The fraction of sp³-hybridized carbons (Fsp3) is 0.467. The summed E-state index contributed by atoms with van der Waals surface area (Å²) >= 11 is 0. The molecule has 1 fully saturated rings. The molecule has 3 nitrogen and oxygen atoms in total. The smallest absolute Gasteiger partial charge is 0.314 e. The van der Waals surface area contributed by atoms with E-state index in [1.54, 1.807) is 0 Å². The fourth-order valence-corrected chi connectivity index (χ4v) is 3.53. The van der Waals surface area contributed by atoms with E-state index in [2.05, 4.69) is 12.1 Å². The van der Waals surface area contributed by atoms with E-state index in [4.69, 9.17) is 5.11 Å². The van der Waals surface area contributed by atoms with Crippen molar-refractivity contribution in [3.63, 3.8) is 0 Å². The number of carboxylic acids is 1. The summed E-state index contributed by atoms with van der Waals surface area (Å²) in [5.74, 6) is -1.80. The van der Waals surface area contributed by atoms with Gasteiger partial charge >= 0.3 is 5.97 Å². The molecule has 1 aromatic rings. The molecule has 0 aliphatic heterocycles. The zero-order valence-corrected chi connectivity index (χ0v) is 10.2. The van der Waals surface area contributed by atoms with Gasteiger partial charge in [0, 0.05) is 6.42 Å². The number of carbonyl (C=O) groups is 2. The van der Waals surface area contributed by atoms with Crippen molar-refractivity contribution in [1.82, 2.24) is 0 Å². The van der Waals surface area contributed by atoms with Crippen molar-refractivity contribution in [2.45, 2.75) is 32.1 Å². The molecule has 0 bridgehead atoms. The maximum absolute atomic E-state index is 11.8. The molecule has 0 amide bonds. The topological polar surface area (TPSA) is 54.4 Å². The Kier molecular flexibility index (Phi) is 2.51. The highest BCUT2D eigenvalue weighted by Crippen LogP contribution is 2.48. The lowest BCUT2D eigenvalue weighted by Crippen LogP contribution is -2.27. The third-order valence-electron chi connectivity index (χ3n) is 4.48. The number of Topliss-reactive ketones (excluding diaryl/α,β-unsaturated/α-hetero) is 1. The fourth-order valence-electron chi connectivity index (χ4n) is 3.53. The number of aliphatic carboxylic acids is 1. The molecule has 0 heterocycles. The summed E-state index contributed by atoms with van der Waals surface area (Å²) in [7, 11) is 0. The van der Waals surface area contributed by atoms with Crippen LogP contribution >= 0.6 is 0 Å². The quantitative estimate of drug-likeness (QED) is 0.771. The number of aryl methyl sites for hydroxylation is 1. The van der Waals surface area contributed by atoms with Crippen molar-refractivity contribution in [2.24, 2.45) is 11.3 Å². The molecule has 1 spiro atoms. The van der Waals surface area contributed by atoms with Gasteiger partial charge in [-0.3, -0.25) is 9.59 Å². The molecular formula is C15H16O3. The third-order valence-corrected chi connectivity index (χ3v) is 4.48. The van der Waals surface area contributed by atoms with Gasteiger partial charge in [0.05, 0.1) is 0 Å². The Labute approximate surface area is 106 Å². The van der Waals surface area contributed by atoms with Crippen LogP contribution in [0, 0.1) is 11.3 Å². The third kappa shape index (κ3) is 1.74. The summed E-state index contributed by atoms with van der Waals surface area (Å²) in [6, 6.07) is 8.29. The van der Waals surface area contributed by atoms with Crippen LogP contribution in [0.3, 0.4) is 0 Å². The maximum Gasteiger partial charge on any atom is 0.314 e. The minimum atomic E-state index is -0.948. The van der Waals surface area contributed by atoms with Crippen LogP contribution in [0.4, 0.5) is 0 Å². The number of hydrogen-bond acceptors (Lipinski definition) is 2. The van der Waals surface area contributed by atoms with Crippen LogP contribution in [0.2, 0.25) is 0 Å². The minimum Gasteiger partial charge on any atom is -0.481 e. The summed E-state index contributed by atoms with van der Waals surface area (Å²) in [5.41, 5.74) is 2.56. The van der Waals surface area contributed by atoms with Gasteiger partial charge < -0.3 is 5.11 Å². The van der Waals surface area contributed by atoms with E-state index < -0.39 is 11.9 Å². The molecule has 0 radical (unpaired) electrons. The van der Waals surface area contributed by atoms with Gasteiger partial charge in [0.2, 0.25) is 0 Å². The monoisotopic (exact) mass is 244 g/mol. The van der Waals surface area contributed by atoms with Crippen molar-refractivity contribution in [3.05, 3.63) is 35.4 Å². The number of carboxylic acid groups (broad SMARTS) is 1. The highest BCUT2D eigenvalue weighted by Gasteiger charge is 2.48. The zero-order valence-electron chi connectivity index (χ0n) is 10.2. The highest BCUT2D eigenvalue weighted by atomic mass is 16.4. The SMILES string of the molecule is O=C(O)C1C[C@@]2(CCc3ccccc3C2)CC1=O. The van der Waals surface area contributed by atoms with E-state index in [1.165, 1.54) is 11.1 Å². The Hall–Kier alpha value is -1.64. The number of fused-ring (bicyclic) bond motifs is 1. The Morgan fingerprint density at radius 1 is 1.22 bits per heavy atom. The zero-order chi connectivity index (χ0) is 12.8. The summed E-state index contributed by atoms with van der Waals surface area (Å²) in [5, 5.41) is 9.07. The Morgan fingerprint density at radius 2 is 1.94 bits per heavy atom. The molecule has 2 aliphatic rings. The molecule has 0 saturated heterocycles. The predicted octanol–water partition coefficient (Wildman–Crippen LogP) is 2.23. The lowest BCUT2D eigenvalue weighted by atomic mass is 9.70. The van der Waals surface area contributed by atoms with Crippen LogP contribution in [-0.4, -0.2) is 16.9 Å². The number of ketones is 1. The molecule has 0 aromatic heterocycles. The molecule has 2 atom stereocenters. The molecule has 94 valence electrons. The van der Waals surface area contributed by atoms with Crippen LogP contribution in [0.1, 0.15) is 30.4 Å². The normalized spacial score (nSPS) is 30.4. The van der Waals surface area contributed by atoms with Gasteiger partial charge in [-0.25, -0.2) is 0 Å². The maximum atomic E-state index is 11.8. The second-order valence-corrected chi connectivity index (χ2v) is 5.68. The van der Waals surface area contributed by atoms with Crippen molar-refractivity contribution in [1.29, 1.82) is 0 Å². The molecule has 1 aromatic carbocycles. The summed E-state index contributed by atoms with van der Waals surface area (Å²) < 4.78 is 0. The second-order valence-electron chi connectivity index (χ2n) is 5.68. The number of benzene rings is 1. The van der Waals surface area contributed by atoms with Crippen molar-refractivity contribution in [3.8, 4) is 0 Å². The van der Waals surface area contributed by atoms with Gasteiger partial charge in [0.15, 0.2) is 0 Å². The van der Waals surface area contributed by atoms with Gasteiger partial charge in [0.25, 0.3) is 0 Å². The van der Waals surface area contributed by atoms with E-state index in [1.807, 2.05) is 12.1 Å². The van der Waals surface area contributed by atoms with Crippen LogP contribution in [0.15, 0.2) is 24.3 Å². The first kappa shape index (κ1) is 11.5. The summed E-state index contributed by atoms with van der Waals surface area (Å²) in [4.78, 5) is 22.9. The van der Waals surface area contributed by atoms with Crippen LogP contribution in [-0.2, 0) is 22.4 Å². The number of hydrogen-bond donors (Lipinski definition) is 1. The van der Waals surface area contributed by atoms with Crippen LogP contribution in [0.25, 0.3) is 0 Å². The predicted molar refractivity (Wildman–Crippen MR) is 66.3 cm³/mol.